The number of hydrogen-bond acceptors (Lipinski definition) is 5. The van der Waals surface area contributed by atoms with Gasteiger partial charge in [0.1, 0.15) is 0 Å². The molecule has 2 amide bonds. The molecule has 31 heavy (non-hydrogen) atoms. The van der Waals surface area contributed by atoms with Gasteiger partial charge in [0.05, 0.1) is 11.8 Å². The van der Waals surface area contributed by atoms with Gasteiger partial charge in [-0.1, -0.05) is 48.2 Å². The number of benzene rings is 2. The van der Waals surface area contributed by atoms with Crippen LogP contribution >= 0.6 is 11.8 Å². The van der Waals surface area contributed by atoms with Crippen LogP contribution in [0.5, 0.6) is 0 Å². The number of nitrogens with zero attached hydrogens (tertiary/aromatic N) is 3. The van der Waals surface area contributed by atoms with Gasteiger partial charge in [-0.05, 0) is 50.5 Å². The van der Waals surface area contributed by atoms with Crippen LogP contribution in [0.25, 0.3) is 0 Å². The zero-order chi connectivity index (χ0) is 22.5. The van der Waals surface area contributed by atoms with Gasteiger partial charge in [-0.25, -0.2) is 0 Å². The van der Waals surface area contributed by atoms with Crippen molar-refractivity contribution in [1.82, 2.24) is 20.1 Å². The number of nitrogens with one attached hydrogen (secondary N) is 2. The zero-order valence-electron chi connectivity index (χ0n) is 18.4. The molecule has 7 nitrogen and oxygen atoms in total. The number of para-hydroxylation sites is 1. The van der Waals surface area contributed by atoms with E-state index in [1.54, 1.807) is 10.6 Å². The van der Waals surface area contributed by atoms with E-state index in [1.807, 2.05) is 71.1 Å². The van der Waals surface area contributed by atoms with E-state index in [0.717, 1.165) is 22.4 Å². The second-order valence-electron chi connectivity index (χ2n) is 7.51. The van der Waals surface area contributed by atoms with Gasteiger partial charge in [0.25, 0.3) is 5.91 Å². The highest BCUT2D eigenvalue weighted by Gasteiger charge is 2.20. The summed E-state index contributed by atoms with van der Waals surface area (Å²) in [5.74, 6) is 0.576. The number of thioether (sulfide) groups is 1. The smallest absolute Gasteiger partial charge is 0.252 e. The van der Waals surface area contributed by atoms with Crippen LogP contribution < -0.4 is 10.6 Å². The number of aromatic nitrogens is 3. The minimum atomic E-state index is -0.331. The summed E-state index contributed by atoms with van der Waals surface area (Å²) in [5.41, 5.74) is 4.44. The number of aryl methyl sites for hydroxylation is 3. The fraction of sp³-hybridized carbons (Fsp3) is 0.304. The fourth-order valence-corrected chi connectivity index (χ4v) is 4.03. The molecule has 8 heteroatoms. The molecule has 0 aliphatic heterocycles. The summed E-state index contributed by atoms with van der Waals surface area (Å²) in [5, 5.41) is 15.0. The molecule has 0 radical (unpaired) electrons. The van der Waals surface area contributed by atoms with Crippen molar-refractivity contribution < 1.29 is 9.59 Å². The molecule has 1 heterocycles. The van der Waals surface area contributed by atoms with Crippen molar-refractivity contribution in [2.75, 3.05) is 11.1 Å². The van der Waals surface area contributed by atoms with Crippen LogP contribution in [-0.2, 0) is 11.8 Å². The van der Waals surface area contributed by atoms with Crippen molar-refractivity contribution in [3.8, 4) is 0 Å². The van der Waals surface area contributed by atoms with E-state index in [-0.39, 0.29) is 23.6 Å². The number of hydrogen-bond donors (Lipinski definition) is 2. The average molecular weight is 438 g/mol. The van der Waals surface area contributed by atoms with Crippen molar-refractivity contribution in [2.24, 2.45) is 7.05 Å². The maximum Gasteiger partial charge on any atom is 0.252 e. The molecule has 0 fully saturated rings. The lowest BCUT2D eigenvalue weighted by atomic mass is 10.1. The first kappa shape index (κ1) is 22.6. The van der Waals surface area contributed by atoms with Gasteiger partial charge in [0.15, 0.2) is 11.0 Å². The van der Waals surface area contributed by atoms with E-state index < -0.39 is 0 Å². The van der Waals surface area contributed by atoms with Gasteiger partial charge in [-0.15, -0.1) is 10.2 Å². The van der Waals surface area contributed by atoms with Gasteiger partial charge in [-0.3, -0.25) is 9.59 Å². The molecular formula is C23H27N5O2S. The molecule has 2 N–H and O–H groups in total. The molecule has 0 spiro atoms. The molecular weight excluding hydrogens is 410 g/mol. The number of carbonyl (C=O) groups excluding carboxylic acids is 2. The van der Waals surface area contributed by atoms with E-state index in [0.29, 0.717) is 16.5 Å². The minimum absolute atomic E-state index is 0.104. The van der Waals surface area contributed by atoms with Crippen molar-refractivity contribution >= 4 is 29.3 Å². The highest BCUT2D eigenvalue weighted by Crippen LogP contribution is 2.22. The molecule has 0 aliphatic rings. The molecule has 0 bridgehead atoms. The van der Waals surface area contributed by atoms with Gasteiger partial charge >= 0.3 is 0 Å². The predicted octanol–water partition coefficient (Wildman–Crippen LogP) is 3.96. The van der Waals surface area contributed by atoms with E-state index in [4.69, 9.17) is 0 Å². The largest absolute Gasteiger partial charge is 0.342 e. The van der Waals surface area contributed by atoms with Crippen molar-refractivity contribution in [1.29, 1.82) is 0 Å². The third-order valence-corrected chi connectivity index (χ3v) is 6.09. The van der Waals surface area contributed by atoms with Gasteiger partial charge in [-0.2, -0.15) is 0 Å². The Kier molecular flexibility index (Phi) is 7.12. The quantitative estimate of drug-likeness (QED) is 0.546. The number of rotatable bonds is 7. The Balaban J connectivity index is 1.61. The summed E-state index contributed by atoms with van der Waals surface area (Å²) in [6.07, 6.45) is 0. The fourth-order valence-electron chi connectivity index (χ4n) is 3.31. The lowest BCUT2D eigenvalue weighted by Gasteiger charge is -2.14. The Morgan fingerprint density at radius 2 is 1.65 bits per heavy atom. The highest BCUT2D eigenvalue weighted by atomic mass is 32.2. The van der Waals surface area contributed by atoms with E-state index in [1.165, 1.54) is 11.8 Å². The molecule has 2 aromatic carbocycles. The Hall–Kier alpha value is -3.13. The normalized spacial score (nSPS) is 11.8. The lowest BCUT2D eigenvalue weighted by Crippen LogP contribution is -2.29. The SMILES string of the molecule is Cc1ccccc1C(=O)N[C@H](C)c1nnc(SCC(=O)Nc2c(C)cccc2C)n1C. The molecule has 0 saturated carbocycles. The first-order valence-electron chi connectivity index (χ1n) is 10.0. The molecule has 1 atom stereocenters. The van der Waals surface area contributed by atoms with Gasteiger partial charge in [0.2, 0.25) is 5.91 Å². The summed E-state index contributed by atoms with van der Waals surface area (Å²) >= 11 is 1.31. The van der Waals surface area contributed by atoms with E-state index in [2.05, 4.69) is 20.8 Å². The van der Waals surface area contributed by atoms with Crippen LogP contribution in [0.3, 0.4) is 0 Å². The standard InChI is InChI=1S/C23H27N5O2S/c1-14-9-6-7-12-18(14)22(30)24-17(4)21-26-27-23(28(21)5)31-13-19(29)25-20-15(2)10-8-11-16(20)3/h6-12,17H,13H2,1-5H3,(H,24,30)(H,25,29)/t17-/m1/s1. The maximum atomic E-state index is 12.6. The van der Waals surface area contributed by atoms with Crippen LogP contribution in [0, 0.1) is 20.8 Å². The van der Waals surface area contributed by atoms with Crippen LogP contribution in [0.4, 0.5) is 5.69 Å². The number of carbonyl (C=O) groups is 2. The summed E-state index contributed by atoms with van der Waals surface area (Å²) in [4.78, 5) is 25.0. The minimum Gasteiger partial charge on any atom is -0.342 e. The average Bonchev–Trinajstić information content (AvgIpc) is 3.10. The van der Waals surface area contributed by atoms with Crippen LogP contribution in [-0.4, -0.2) is 32.3 Å². The Morgan fingerprint density at radius 1 is 1.00 bits per heavy atom. The van der Waals surface area contributed by atoms with Crippen molar-refractivity contribution in [3.05, 3.63) is 70.5 Å². The molecule has 0 saturated heterocycles. The molecule has 3 rings (SSSR count). The summed E-state index contributed by atoms with van der Waals surface area (Å²) in [6.45, 7) is 7.71. The molecule has 0 unspecified atom stereocenters. The highest BCUT2D eigenvalue weighted by molar-refractivity contribution is 7.99. The van der Waals surface area contributed by atoms with Crippen LogP contribution in [0.15, 0.2) is 47.6 Å². The Morgan fingerprint density at radius 3 is 2.32 bits per heavy atom. The summed E-state index contributed by atoms with van der Waals surface area (Å²) in [7, 11) is 1.83. The van der Waals surface area contributed by atoms with Crippen molar-refractivity contribution in [2.45, 2.75) is 38.9 Å². The molecule has 0 aliphatic carbocycles. The zero-order valence-corrected chi connectivity index (χ0v) is 19.2. The Bertz CT molecular complexity index is 1090. The maximum absolute atomic E-state index is 12.6. The monoisotopic (exact) mass is 437 g/mol. The van der Waals surface area contributed by atoms with Gasteiger partial charge < -0.3 is 15.2 Å². The number of amides is 2. The van der Waals surface area contributed by atoms with Crippen molar-refractivity contribution in [3.63, 3.8) is 0 Å². The first-order chi connectivity index (χ1) is 14.8. The van der Waals surface area contributed by atoms with E-state index >= 15 is 0 Å². The lowest BCUT2D eigenvalue weighted by molar-refractivity contribution is -0.113. The van der Waals surface area contributed by atoms with E-state index in [9.17, 15) is 9.59 Å². The van der Waals surface area contributed by atoms with Gasteiger partial charge in [0, 0.05) is 18.3 Å². The first-order valence-corrected chi connectivity index (χ1v) is 11.0. The molecule has 1 aromatic heterocycles. The molecule has 3 aromatic rings. The van der Waals surface area contributed by atoms with Crippen LogP contribution in [0.2, 0.25) is 0 Å². The third kappa shape index (κ3) is 5.32. The van der Waals surface area contributed by atoms with Crippen LogP contribution in [0.1, 0.15) is 45.8 Å². The third-order valence-electron chi connectivity index (χ3n) is 5.07. The molecule has 162 valence electrons. The number of anilines is 1. The Labute approximate surface area is 186 Å². The topological polar surface area (TPSA) is 88.9 Å². The second kappa shape index (κ2) is 9.78. The summed E-state index contributed by atoms with van der Waals surface area (Å²) in [6, 6.07) is 13.0. The second-order valence-corrected chi connectivity index (χ2v) is 8.46. The summed E-state index contributed by atoms with van der Waals surface area (Å²) < 4.78 is 1.81. The predicted molar refractivity (Wildman–Crippen MR) is 123 cm³/mol.